The van der Waals surface area contributed by atoms with Crippen molar-refractivity contribution in [3.05, 3.63) is 51.2 Å². The first kappa shape index (κ1) is 16.8. The minimum absolute atomic E-state index is 0.0256. The van der Waals surface area contributed by atoms with Gasteiger partial charge in [0.05, 0.1) is 19.6 Å². The molecule has 2 aromatic rings. The fourth-order valence-corrected chi connectivity index (χ4v) is 3.46. The molecule has 0 bridgehead atoms. The van der Waals surface area contributed by atoms with Crippen LogP contribution in [0.15, 0.2) is 35.7 Å². The third-order valence-electron chi connectivity index (χ3n) is 3.43. The Morgan fingerprint density at radius 1 is 1.36 bits per heavy atom. The number of carbonyl (C=O) groups excluding carboxylic acids is 1. The van der Waals surface area contributed by atoms with E-state index in [1.165, 1.54) is 4.88 Å². The van der Waals surface area contributed by atoms with Gasteiger partial charge in [0.2, 0.25) is 5.91 Å². The van der Waals surface area contributed by atoms with Crippen molar-refractivity contribution in [3.8, 4) is 5.75 Å². The monoisotopic (exact) mass is 337 g/mol. The fourth-order valence-electron chi connectivity index (χ4n) is 2.32. The highest BCUT2D eigenvalue weighted by Crippen LogP contribution is 2.27. The molecule has 0 aliphatic heterocycles. The molecule has 3 nitrogen and oxygen atoms in total. The minimum Gasteiger partial charge on any atom is -0.496 e. The number of ether oxygens (including phenoxy) is 1. The molecule has 0 aliphatic rings. The summed E-state index contributed by atoms with van der Waals surface area (Å²) < 4.78 is 5.29. The minimum atomic E-state index is -0.0346. The molecule has 1 N–H and O–H groups in total. The van der Waals surface area contributed by atoms with Gasteiger partial charge in [0.15, 0.2) is 0 Å². The summed E-state index contributed by atoms with van der Waals surface area (Å²) >= 11 is 7.67. The van der Waals surface area contributed by atoms with Crippen molar-refractivity contribution in [1.82, 2.24) is 5.32 Å². The molecule has 1 heterocycles. The Morgan fingerprint density at radius 3 is 2.73 bits per heavy atom. The van der Waals surface area contributed by atoms with E-state index in [4.69, 9.17) is 16.3 Å². The largest absolute Gasteiger partial charge is 0.496 e. The first-order chi connectivity index (χ1) is 10.5. The predicted octanol–water partition coefficient (Wildman–Crippen LogP) is 4.47. The lowest BCUT2D eigenvalue weighted by Gasteiger charge is -2.21. The highest BCUT2D eigenvalue weighted by molar-refractivity contribution is 7.10. The molecule has 0 fully saturated rings. The lowest BCUT2D eigenvalue weighted by Crippen LogP contribution is -2.32. The van der Waals surface area contributed by atoms with E-state index in [0.29, 0.717) is 16.7 Å². The zero-order valence-electron chi connectivity index (χ0n) is 12.9. The highest BCUT2D eigenvalue weighted by Gasteiger charge is 2.20. The molecule has 1 aromatic carbocycles. The van der Waals surface area contributed by atoms with Crippen molar-refractivity contribution < 1.29 is 9.53 Å². The van der Waals surface area contributed by atoms with Crippen LogP contribution in [0.3, 0.4) is 0 Å². The van der Waals surface area contributed by atoms with Crippen LogP contribution in [-0.2, 0) is 11.2 Å². The molecule has 0 spiro atoms. The summed E-state index contributed by atoms with van der Waals surface area (Å²) in [6.45, 7) is 4.20. The van der Waals surface area contributed by atoms with E-state index in [-0.39, 0.29) is 18.4 Å². The average molecular weight is 338 g/mol. The molecule has 0 saturated carbocycles. The van der Waals surface area contributed by atoms with Crippen LogP contribution in [0.5, 0.6) is 5.75 Å². The van der Waals surface area contributed by atoms with E-state index in [9.17, 15) is 4.79 Å². The number of hydrogen-bond acceptors (Lipinski definition) is 3. The number of halogens is 1. The molecule has 2 rings (SSSR count). The smallest absolute Gasteiger partial charge is 0.225 e. The van der Waals surface area contributed by atoms with Gasteiger partial charge in [-0.1, -0.05) is 31.5 Å². The standard InChI is InChI=1S/C17H20ClNO2S/c1-11(2)17(15-5-4-8-22-15)19-16(20)10-12-9-13(18)6-7-14(12)21-3/h4-9,11,17H,10H2,1-3H3,(H,19,20)/t17-/m1/s1. The van der Waals surface area contributed by atoms with Gasteiger partial charge in [-0.3, -0.25) is 4.79 Å². The Labute approximate surface area is 140 Å². The molecule has 0 aliphatic carbocycles. The Bertz CT molecular complexity index is 626. The van der Waals surface area contributed by atoms with Crippen LogP contribution in [-0.4, -0.2) is 13.0 Å². The number of nitrogens with one attached hydrogen (secondary N) is 1. The Kier molecular flexibility index (Phi) is 5.86. The summed E-state index contributed by atoms with van der Waals surface area (Å²) in [7, 11) is 1.59. The summed E-state index contributed by atoms with van der Waals surface area (Å²) in [4.78, 5) is 13.6. The van der Waals surface area contributed by atoms with Crippen molar-refractivity contribution in [1.29, 1.82) is 0 Å². The number of thiophene rings is 1. The quantitative estimate of drug-likeness (QED) is 0.844. The Morgan fingerprint density at radius 2 is 2.14 bits per heavy atom. The Hall–Kier alpha value is -1.52. The summed E-state index contributed by atoms with van der Waals surface area (Å²) in [5.74, 6) is 0.966. The first-order valence-corrected chi connectivity index (χ1v) is 8.42. The number of hydrogen-bond donors (Lipinski definition) is 1. The Balaban J connectivity index is 2.10. The van der Waals surface area contributed by atoms with Crippen LogP contribution in [0, 0.1) is 5.92 Å². The van der Waals surface area contributed by atoms with Crippen LogP contribution in [0.2, 0.25) is 5.02 Å². The van der Waals surface area contributed by atoms with Crippen LogP contribution in [0.4, 0.5) is 0 Å². The normalized spacial score (nSPS) is 12.2. The lowest BCUT2D eigenvalue weighted by atomic mass is 10.0. The molecular formula is C17H20ClNO2S. The van der Waals surface area contributed by atoms with Gasteiger partial charge >= 0.3 is 0 Å². The molecule has 0 unspecified atom stereocenters. The second kappa shape index (κ2) is 7.65. The van der Waals surface area contributed by atoms with E-state index >= 15 is 0 Å². The van der Waals surface area contributed by atoms with Gasteiger partial charge in [0.25, 0.3) is 0 Å². The van der Waals surface area contributed by atoms with Gasteiger partial charge in [-0.05, 0) is 35.6 Å². The first-order valence-electron chi connectivity index (χ1n) is 7.16. The van der Waals surface area contributed by atoms with E-state index in [1.807, 2.05) is 11.4 Å². The molecule has 118 valence electrons. The van der Waals surface area contributed by atoms with Crippen molar-refractivity contribution >= 4 is 28.8 Å². The molecule has 1 amide bonds. The second-order valence-electron chi connectivity index (χ2n) is 5.44. The van der Waals surface area contributed by atoms with Crippen molar-refractivity contribution in [2.45, 2.75) is 26.3 Å². The fraction of sp³-hybridized carbons (Fsp3) is 0.353. The maximum Gasteiger partial charge on any atom is 0.225 e. The summed E-state index contributed by atoms with van der Waals surface area (Å²) in [6, 6.07) is 9.39. The van der Waals surface area contributed by atoms with Gasteiger partial charge in [-0.2, -0.15) is 0 Å². The molecule has 0 saturated heterocycles. The average Bonchev–Trinajstić information content (AvgIpc) is 2.98. The van der Waals surface area contributed by atoms with Crippen LogP contribution in [0.1, 0.15) is 30.3 Å². The number of rotatable bonds is 6. The number of methoxy groups -OCH3 is 1. The molecule has 1 aromatic heterocycles. The molecular weight excluding hydrogens is 318 g/mol. The van der Waals surface area contributed by atoms with Crippen molar-refractivity contribution in [2.24, 2.45) is 5.92 Å². The predicted molar refractivity (Wildman–Crippen MR) is 91.7 cm³/mol. The van der Waals surface area contributed by atoms with Gasteiger partial charge in [0, 0.05) is 15.5 Å². The third kappa shape index (κ3) is 4.24. The summed E-state index contributed by atoms with van der Waals surface area (Å²) in [6.07, 6.45) is 0.248. The zero-order valence-corrected chi connectivity index (χ0v) is 14.5. The summed E-state index contributed by atoms with van der Waals surface area (Å²) in [5.41, 5.74) is 0.793. The highest BCUT2D eigenvalue weighted by atomic mass is 35.5. The molecule has 1 atom stereocenters. The van der Waals surface area contributed by atoms with Gasteiger partial charge in [-0.25, -0.2) is 0 Å². The zero-order chi connectivity index (χ0) is 16.1. The number of carbonyl (C=O) groups is 1. The van der Waals surface area contributed by atoms with E-state index in [0.717, 1.165) is 5.56 Å². The SMILES string of the molecule is COc1ccc(Cl)cc1CC(=O)N[C@@H](c1cccs1)C(C)C. The second-order valence-corrected chi connectivity index (χ2v) is 6.85. The molecule has 0 radical (unpaired) electrons. The lowest BCUT2D eigenvalue weighted by molar-refractivity contribution is -0.121. The van der Waals surface area contributed by atoms with Crippen LogP contribution in [0.25, 0.3) is 0 Å². The van der Waals surface area contributed by atoms with E-state index < -0.39 is 0 Å². The van der Waals surface area contributed by atoms with Gasteiger partial charge in [0.1, 0.15) is 5.75 Å². The van der Waals surface area contributed by atoms with Crippen LogP contribution < -0.4 is 10.1 Å². The topological polar surface area (TPSA) is 38.3 Å². The van der Waals surface area contributed by atoms with Crippen molar-refractivity contribution in [2.75, 3.05) is 7.11 Å². The van der Waals surface area contributed by atoms with E-state index in [2.05, 4.69) is 25.2 Å². The maximum atomic E-state index is 12.4. The third-order valence-corrected chi connectivity index (χ3v) is 4.62. The molecule has 5 heteroatoms. The van der Waals surface area contributed by atoms with Gasteiger partial charge in [-0.15, -0.1) is 11.3 Å². The summed E-state index contributed by atoms with van der Waals surface area (Å²) in [5, 5.41) is 5.73. The van der Waals surface area contributed by atoms with Gasteiger partial charge < -0.3 is 10.1 Å². The van der Waals surface area contributed by atoms with Crippen molar-refractivity contribution in [3.63, 3.8) is 0 Å². The van der Waals surface area contributed by atoms with E-state index in [1.54, 1.807) is 36.6 Å². The number of amides is 1. The van der Waals surface area contributed by atoms with Crippen LogP contribution >= 0.6 is 22.9 Å². The number of benzene rings is 1. The maximum absolute atomic E-state index is 12.4. The molecule has 22 heavy (non-hydrogen) atoms.